The average molecular weight is 533 g/mol. The quantitative estimate of drug-likeness (QED) is 0.516. The number of hydrogen-bond acceptors (Lipinski definition) is 7. The summed E-state index contributed by atoms with van der Waals surface area (Å²) in [5, 5.41) is 13.2. The number of nitrogens with one attached hydrogen (secondary N) is 2. The van der Waals surface area contributed by atoms with Crippen molar-refractivity contribution in [3.05, 3.63) is 44.8 Å². The number of benzene rings is 1. The molecule has 3 rings (SSSR count). The van der Waals surface area contributed by atoms with Gasteiger partial charge in [-0.3, -0.25) is 9.52 Å². The standard InChI is InChI=1S/C18H21BrN4O6S2/c1-10(2)6-7-23-9-12(19)16(24)15(18(23)25)17-20-13-5-4-11(21-30(3,26)27)8-14(13)31(28,29)22-17/h4-5,8-10,21,24H,6-7H2,1-3H3,(H,20,22). The Balaban J connectivity index is 2.11. The molecule has 1 aliphatic rings. The summed E-state index contributed by atoms with van der Waals surface area (Å²) >= 11 is 3.20. The molecule has 1 aromatic carbocycles. The van der Waals surface area contributed by atoms with Gasteiger partial charge in [-0.25, -0.2) is 8.42 Å². The number of fused-ring (bicyclic) bond motifs is 1. The third kappa shape index (κ3) is 5.10. The Kier molecular flexibility index (Phi) is 6.22. The molecule has 0 fully saturated rings. The summed E-state index contributed by atoms with van der Waals surface area (Å²) < 4.78 is 55.9. The Labute approximate surface area is 188 Å². The maximum atomic E-state index is 13.0. The van der Waals surface area contributed by atoms with Crippen molar-refractivity contribution >= 4 is 53.2 Å². The van der Waals surface area contributed by atoms with Crippen LogP contribution in [-0.4, -0.2) is 38.6 Å². The molecule has 1 aliphatic heterocycles. The number of nitrogens with zero attached hydrogens (tertiary/aromatic N) is 2. The van der Waals surface area contributed by atoms with E-state index >= 15 is 0 Å². The summed E-state index contributed by atoms with van der Waals surface area (Å²) in [6, 6.07) is 3.84. The second-order valence-electron chi connectivity index (χ2n) is 7.51. The van der Waals surface area contributed by atoms with Crippen LogP contribution in [0.3, 0.4) is 0 Å². The summed E-state index contributed by atoms with van der Waals surface area (Å²) in [7, 11) is -7.90. The van der Waals surface area contributed by atoms with E-state index in [0.29, 0.717) is 18.9 Å². The smallest absolute Gasteiger partial charge is 0.286 e. The van der Waals surface area contributed by atoms with Crippen LogP contribution in [0.25, 0.3) is 0 Å². The van der Waals surface area contributed by atoms with Gasteiger partial charge < -0.3 is 15.0 Å². The number of anilines is 2. The zero-order chi connectivity index (χ0) is 23.1. The minimum atomic E-state index is -4.29. The van der Waals surface area contributed by atoms with Crippen LogP contribution in [0.2, 0.25) is 0 Å². The van der Waals surface area contributed by atoms with Gasteiger partial charge in [-0.2, -0.15) is 8.42 Å². The molecule has 0 saturated heterocycles. The maximum absolute atomic E-state index is 13.0. The third-order valence-electron chi connectivity index (χ3n) is 4.42. The van der Waals surface area contributed by atoms with Crippen molar-refractivity contribution in [1.29, 1.82) is 0 Å². The maximum Gasteiger partial charge on any atom is 0.286 e. The number of aryl methyl sites for hydroxylation is 1. The van der Waals surface area contributed by atoms with Crippen LogP contribution in [0.15, 0.2) is 43.0 Å². The Morgan fingerprint density at radius 1 is 1.32 bits per heavy atom. The van der Waals surface area contributed by atoms with Gasteiger partial charge in [0.05, 0.1) is 16.4 Å². The molecule has 0 unspecified atom stereocenters. The van der Waals surface area contributed by atoms with E-state index in [2.05, 4.69) is 30.4 Å². The van der Waals surface area contributed by atoms with Crippen LogP contribution >= 0.6 is 15.9 Å². The molecule has 0 amide bonds. The lowest BCUT2D eigenvalue weighted by Crippen LogP contribution is -2.32. The molecule has 2 heterocycles. The van der Waals surface area contributed by atoms with Crippen LogP contribution in [0.4, 0.5) is 11.4 Å². The van der Waals surface area contributed by atoms with E-state index in [1.165, 1.54) is 22.9 Å². The number of hydrogen-bond donors (Lipinski definition) is 3. The van der Waals surface area contributed by atoms with Crippen molar-refractivity contribution in [3.8, 4) is 5.75 Å². The fourth-order valence-electron chi connectivity index (χ4n) is 2.94. The van der Waals surface area contributed by atoms with Crippen molar-refractivity contribution in [3.63, 3.8) is 0 Å². The predicted octanol–water partition coefficient (Wildman–Crippen LogP) is 2.29. The number of halogens is 1. The fraction of sp³-hybridized carbons (Fsp3) is 0.333. The largest absolute Gasteiger partial charge is 0.506 e. The van der Waals surface area contributed by atoms with Crippen molar-refractivity contribution in [2.75, 3.05) is 16.3 Å². The summed E-state index contributed by atoms with van der Waals surface area (Å²) in [5.41, 5.74) is -0.740. The van der Waals surface area contributed by atoms with Gasteiger partial charge >= 0.3 is 0 Å². The SMILES string of the molecule is CC(C)CCn1cc(Br)c(O)c(C2=NS(=O)(=O)c3cc(NS(C)(=O)=O)ccc3N2)c1=O. The molecule has 3 N–H and O–H groups in total. The van der Waals surface area contributed by atoms with Gasteiger partial charge in [0.25, 0.3) is 15.6 Å². The Bertz CT molecular complexity index is 1350. The molecular weight excluding hydrogens is 512 g/mol. The van der Waals surface area contributed by atoms with E-state index in [4.69, 9.17) is 0 Å². The molecule has 1 aromatic heterocycles. The van der Waals surface area contributed by atoms with Gasteiger partial charge in [0.1, 0.15) is 16.2 Å². The van der Waals surface area contributed by atoms with Crippen LogP contribution < -0.4 is 15.6 Å². The van der Waals surface area contributed by atoms with Crippen LogP contribution in [0.1, 0.15) is 25.8 Å². The highest BCUT2D eigenvalue weighted by molar-refractivity contribution is 9.10. The fourth-order valence-corrected chi connectivity index (χ4v) is 5.09. The van der Waals surface area contributed by atoms with Gasteiger partial charge in [-0.05, 0) is 46.5 Å². The molecule has 10 nitrogen and oxygen atoms in total. The molecule has 0 atom stereocenters. The lowest BCUT2D eigenvalue weighted by Gasteiger charge is -2.20. The predicted molar refractivity (Wildman–Crippen MR) is 122 cm³/mol. The highest BCUT2D eigenvalue weighted by atomic mass is 79.9. The summed E-state index contributed by atoms with van der Waals surface area (Å²) in [4.78, 5) is 12.7. The summed E-state index contributed by atoms with van der Waals surface area (Å²) in [6.07, 6.45) is 3.09. The number of amidine groups is 1. The highest BCUT2D eigenvalue weighted by Gasteiger charge is 2.30. The Morgan fingerprint density at radius 2 is 2.00 bits per heavy atom. The number of sulfonamides is 2. The first-order valence-corrected chi connectivity index (χ1v) is 13.3. The van der Waals surface area contributed by atoms with E-state index in [-0.39, 0.29) is 32.1 Å². The highest BCUT2D eigenvalue weighted by Crippen LogP contribution is 2.33. The first kappa shape index (κ1) is 23.3. The monoisotopic (exact) mass is 532 g/mol. The number of pyridine rings is 1. The molecular formula is C18H21BrN4O6S2. The van der Waals surface area contributed by atoms with Crippen LogP contribution in [0, 0.1) is 5.92 Å². The third-order valence-corrected chi connectivity index (χ3v) is 6.92. The molecule has 2 aromatic rings. The molecule has 0 spiro atoms. The number of aromatic nitrogens is 1. The molecule has 31 heavy (non-hydrogen) atoms. The first-order valence-electron chi connectivity index (χ1n) is 9.14. The van der Waals surface area contributed by atoms with E-state index in [1.807, 2.05) is 13.8 Å². The molecule has 0 bridgehead atoms. The van der Waals surface area contributed by atoms with Gasteiger partial charge in [0.2, 0.25) is 10.0 Å². The molecule has 0 radical (unpaired) electrons. The first-order chi connectivity index (χ1) is 14.3. The zero-order valence-corrected chi connectivity index (χ0v) is 20.1. The lowest BCUT2D eigenvalue weighted by molar-refractivity contribution is 0.460. The Hall–Kier alpha value is -2.38. The van der Waals surface area contributed by atoms with Crippen molar-refractivity contribution in [2.45, 2.75) is 31.7 Å². The second kappa shape index (κ2) is 8.28. The number of aromatic hydroxyl groups is 1. The van der Waals surface area contributed by atoms with E-state index < -0.39 is 31.4 Å². The van der Waals surface area contributed by atoms with Gasteiger partial charge in [0, 0.05) is 18.4 Å². The molecule has 0 saturated carbocycles. The molecule has 168 valence electrons. The van der Waals surface area contributed by atoms with Crippen molar-refractivity contribution in [2.24, 2.45) is 10.3 Å². The van der Waals surface area contributed by atoms with Crippen molar-refractivity contribution < 1.29 is 21.9 Å². The van der Waals surface area contributed by atoms with E-state index in [1.54, 1.807) is 0 Å². The topological polar surface area (TPSA) is 147 Å². The summed E-state index contributed by atoms with van der Waals surface area (Å²) in [6.45, 7) is 4.38. The minimum absolute atomic E-state index is 0.0478. The van der Waals surface area contributed by atoms with E-state index in [0.717, 1.165) is 12.3 Å². The molecule has 0 aliphatic carbocycles. The van der Waals surface area contributed by atoms with Gasteiger partial charge in [-0.15, -0.1) is 4.40 Å². The lowest BCUT2D eigenvalue weighted by atomic mass is 10.1. The normalized spacial score (nSPS) is 15.2. The van der Waals surface area contributed by atoms with Crippen molar-refractivity contribution in [1.82, 2.24) is 4.57 Å². The van der Waals surface area contributed by atoms with E-state index in [9.17, 15) is 26.7 Å². The van der Waals surface area contributed by atoms with Gasteiger partial charge in [0.15, 0.2) is 5.84 Å². The van der Waals surface area contributed by atoms with Crippen LogP contribution in [-0.2, 0) is 26.6 Å². The zero-order valence-electron chi connectivity index (χ0n) is 16.9. The van der Waals surface area contributed by atoms with Gasteiger partial charge in [-0.1, -0.05) is 13.8 Å². The molecule has 13 heteroatoms. The Morgan fingerprint density at radius 3 is 2.61 bits per heavy atom. The minimum Gasteiger partial charge on any atom is -0.506 e. The second-order valence-corrected chi connectivity index (χ2v) is 11.7. The van der Waals surface area contributed by atoms with Crippen LogP contribution in [0.5, 0.6) is 5.75 Å². The summed E-state index contributed by atoms with van der Waals surface area (Å²) in [5.74, 6) is -0.431. The average Bonchev–Trinajstić information content (AvgIpc) is 2.62. The number of rotatable bonds is 6.